The van der Waals surface area contributed by atoms with Gasteiger partial charge in [0.15, 0.2) is 0 Å². The Labute approximate surface area is 159 Å². The molecule has 0 aliphatic carbocycles. The molecule has 7 nitrogen and oxygen atoms in total. The Morgan fingerprint density at radius 3 is 2.50 bits per heavy atom. The lowest BCUT2D eigenvalue weighted by Crippen LogP contribution is -2.33. The smallest absolute Gasteiger partial charge is 0.416 e. The van der Waals surface area contributed by atoms with E-state index in [-0.39, 0.29) is 29.1 Å². The van der Waals surface area contributed by atoms with Crippen LogP contribution >= 0.6 is 0 Å². The average Bonchev–Trinajstić information content (AvgIpc) is 2.60. The molecule has 1 heterocycles. The molecule has 0 radical (unpaired) electrons. The van der Waals surface area contributed by atoms with Gasteiger partial charge in [0.05, 0.1) is 21.8 Å². The number of nitro groups is 1. The number of likely N-dealkylation sites (N-methyl/N-ethyl adjacent to an activating group) is 1. The second-order valence-corrected chi connectivity index (χ2v) is 6.19. The van der Waals surface area contributed by atoms with Gasteiger partial charge in [-0.25, -0.2) is 4.79 Å². The minimum Gasteiger partial charge on any atom is -0.461 e. The fraction of sp³-hybridized carbons (Fsp3) is 0.389. The summed E-state index contributed by atoms with van der Waals surface area (Å²) in [6, 6.07) is 4.52. The van der Waals surface area contributed by atoms with Gasteiger partial charge < -0.3 is 15.4 Å². The Morgan fingerprint density at radius 1 is 1.29 bits per heavy atom. The third-order valence-electron chi connectivity index (χ3n) is 4.30. The summed E-state index contributed by atoms with van der Waals surface area (Å²) >= 11 is 0. The Morgan fingerprint density at radius 2 is 1.93 bits per heavy atom. The van der Waals surface area contributed by atoms with E-state index >= 15 is 0 Å². The second kappa shape index (κ2) is 8.42. The van der Waals surface area contributed by atoms with Crippen LogP contribution in [0, 0.1) is 10.1 Å². The third kappa shape index (κ3) is 4.33. The van der Waals surface area contributed by atoms with Gasteiger partial charge in [-0.3, -0.25) is 10.1 Å². The molecule has 0 saturated heterocycles. The van der Waals surface area contributed by atoms with Crippen molar-refractivity contribution >= 4 is 5.97 Å². The highest BCUT2D eigenvalue weighted by molar-refractivity contribution is 5.92. The molecule has 1 aromatic rings. The molecule has 2 N–H and O–H groups in total. The van der Waals surface area contributed by atoms with Crippen LogP contribution in [0.4, 0.5) is 13.2 Å². The van der Waals surface area contributed by atoms with E-state index in [0.717, 1.165) is 12.1 Å². The Hall–Kier alpha value is -2.88. The summed E-state index contributed by atoms with van der Waals surface area (Å²) in [5.41, 5.74) is -1.88. The quantitative estimate of drug-likeness (QED) is 0.331. The maximum atomic E-state index is 13.6. The van der Waals surface area contributed by atoms with Crippen molar-refractivity contribution in [3.63, 3.8) is 0 Å². The number of halogens is 3. The molecule has 1 aliphatic heterocycles. The number of dihydropyridines is 1. The fourth-order valence-corrected chi connectivity index (χ4v) is 3.13. The van der Waals surface area contributed by atoms with Crippen LogP contribution in [0.1, 0.15) is 30.9 Å². The molecule has 1 aliphatic rings. The summed E-state index contributed by atoms with van der Waals surface area (Å²) in [6.07, 6.45) is -4.74. The molecule has 1 atom stereocenters. The zero-order valence-corrected chi connectivity index (χ0v) is 15.5. The largest absolute Gasteiger partial charge is 0.461 e. The maximum Gasteiger partial charge on any atom is 0.416 e. The molecule has 2 rings (SSSR count). The number of rotatable bonds is 6. The number of nitrogens with one attached hydrogen (secondary N) is 2. The van der Waals surface area contributed by atoms with E-state index in [2.05, 4.69) is 10.6 Å². The van der Waals surface area contributed by atoms with Crippen molar-refractivity contribution in [2.45, 2.75) is 25.9 Å². The molecule has 0 unspecified atom stereocenters. The van der Waals surface area contributed by atoms with Crippen LogP contribution in [0.2, 0.25) is 0 Å². The number of allylic oxidation sites excluding steroid dienone is 3. The predicted octanol–water partition coefficient (Wildman–Crippen LogP) is 2.94. The van der Waals surface area contributed by atoms with Crippen molar-refractivity contribution < 1.29 is 27.6 Å². The van der Waals surface area contributed by atoms with Gasteiger partial charge in [0.1, 0.15) is 12.5 Å². The first-order valence-electron chi connectivity index (χ1n) is 8.40. The van der Waals surface area contributed by atoms with Gasteiger partial charge in [-0.1, -0.05) is 18.2 Å². The highest BCUT2D eigenvalue weighted by Crippen LogP contribution is 2.44. The number of hydrogen-bond acceptors (Lipinski definition) is 6. The maximum absolute atomic E-state index is 13.6. The molecule has 0 aromatic heterocycles. The van der Waals surface area contributed by atoms with Gasteiger partial charge in [-0.15, -0.1) is 0 Å². The van der Waals surface area contributed by atoms with Gasteiger partial charge >= 0.3 is 12.1 Å². The first kappa shape index (κ1) is 21.4. The fourth-order valence-electron chi connectivity index (χ4n) is 3.13. The number of nitrogens with zero attached hydrogens (tertiary/aromatic N) is 1. The molecule has 0 bridgehead atoms. The lowest BCUT2D eigenvalue weighted by molar-refractivity contribution is -0.431. The number of hydrogen-bond donors (Lipinski definition) is 2. The summed E-state index contributed by atoms with van der Waals surface area (Å²) in [6.45, 7) is 3.15. The molecule has 0 amide bonds. The minimum atomic E-state index is -4.74. The van der Waals surface area contributed by atoms with Crippen molar-refractivity contribution in [2.75, 3.05) is 20.2 Å². The van der Waals surface area contributed by atoms with Gasteiger partial charge in [-0.2, -0.15) is 13.2 Å². The van der Waals surface area contributed by atoms with E-state index in [4.69, 9.17) is 4.74 Å². The van der Waals surface area contributed by atoms with Crippen molar-refractivity contribution in [1.29, 1.82) is 0 Å². The SMILES string of the molecule is CNCCOC(=O)C1=C(C)NC(C)=C([N+](=O)[O-])[C@@H]1c1ccccc1C(F)(F)F. The van der Waals surface area contributed by atoms with Crippen LogP contribution in [0.5, 0.6) is 0 Å². The summed E-state index contributed by atoms with van der Waals surface area (Å²) < 4.78 is 45.8. The molecule has 0 fully saturated rings. The number of carbonyl (C=O) groups excluding carboxylic acids is 1. The van der Waals surface area contributed by atoms with Crippen LogP contribution in [-0.4, -0.2) is 31.1 Å². The average molecular weight is 399 g/mol. The first-order chi connectivity index (χ1) is 13.1. The summed E-state index contributed by atoms with van der Waals surface area (Å²) in [5.74, 6) is -2.43. The van der Waals surface area contributed by atoms with E-state index in [9.17, 15) is 28.1 Å². The summed E-state index contributed by atoms with van der Waals surface area (Å²) in [7, 11) is 1.64. The molecular formula is C18H20F3N3O4. The molecule has 0 saturated carbocycles. The Bertz CT molecular complexity index is 847. The number of esters is 1. The standard InChI is InChI=1S/C18H20F3N3O4/c1-10-14(17(25)28-9-8-22-3)15(16(24(26)27)11(2)23-10)12-6-4-5-7-13(12)18(19,20)21/h4-7,15,22-23H,8-9H2,1-3H3/t15-/m1/s1. The normalized spacial score (nSPS) is 17.4. The molecule has 28 heavy (non-hydrogen) atoms. The van der Waals surface area contributed by atoms with Crippen molar-refractivity contribution in [2.24, 2.45) is 0 Å². The van der Waals surface area contributed by atoms with Crippen molar-refractivity contribution in [3.8, 4) is 0 Å². The molecule has 0 spiro atoms. The number of benzene rings is 1. The first-order valence-corrected chi connectivity index (χ1v) is 8.40. The molecule has 10 heteroatoms. The predicted molar refractivity (Wildman–Crippen MR) is 94.6 cm³/mol. The van der Waals surface area contributed by atoms with Crippen LogP contribution < -0.4 is 10.6 Å². The molecular weight excluding hydrogens is 379 g/mol. The van der Waals surface area contributed by atoms with Crippen LogP contribution in [0.25, 0.3) is 0 Å². The van der Waals surface area contributed by atoms with Crippen LogP contribution in [0.15, 0.2) is 46.9 Å². The van der Waals surface area contributed by atoms with Crippen molar-refractivity contribution in [1.82, 2.24) is 10.6 Å². The second-order valence-electron chi connectivity index (χ2n) is 6.19. The molecule has 1 aromatic carbocycles. The van der Waals surface area contributed by atoms with Gasteiger partial charge in [-0.05, 0) is 32.5 Å². The van der Waals surface area contributed by atoms with E-state index in [1.54, 1.807) is 7.05 Å². The monoisotopic (exact) mass is 399 g/mol. The minimum absolute atomic E-state index is 0.0315. The van der Waals surface area contributed by atoms with Crippen LogP contribution in [0.3, 0.4) is 0 Å². The Balaban J connectivity index is 2.67. The van der Waals surface area contributed by atoms with E-state index < -0.39 is 34.2 Å². The van der Waals surface area contributed by atoms with Gasteiger partial charge in [0, 0.05) is 12.2 Å². The zero-order valence-electron chi connectivity index (χ0n) is 15.5. The van der Waals surface area contributed by atoms with Gasteiger partial charge in [0.25, 0.3) is 5.70 Å². The molecule has 152 valence electrons. The van der Waals surface area contributed by atoms with Gasteiger partial charge in [0.2, 0.25) is 0 Å². The van der Waals surface area contributed by atoms with E-state index in [1.807, 2.05) is 0 Å². The highest BCUT2D eigenvalue weighted by atomic mass is 19.4. The number of carbonyl (C=O) groups is 1. The van der Waals surface area contributed by atoms with Crippen LogP contribution in [-0.2, 0) is 15.7 Å². The zero-order chi connectivity index (χ0) is 21.1. The highest BCUT2D eigenvalue weighted by Gasteiger charge is 2.45. The number of alkyl halides is 3. The topological polar surface area (TPSA) is 93.5 Å². The lowest BCUT2D eigenvalue weighted by atomic mass is 9.81. The summed E-state index contributed by atoms with van der Waals surface area (Å²) in [4.78, 5) is 23.5. The van der Waals surface area contributed by atoms with E-state index in [1.165, 1.54) is 26.0 Å². The summed E-state index contributed by atoms with van der Waals surface area (Å²) in [5, 5.41) is 17.2. The van der Waals surface area contributed by atoms with Crippen molar-refractivity contribution in [3.05, 3.63) is 68.2 Å². The number of ether oxygens (including phenoxy) is 1. The third-order valence-corrected chi connectivity index (χ3v) is 4.30. The van der Waals surface area contributed by atoms with E-state index in [0.29, 0.717) is 6.54 Å². The Kier molecular flexibility index (Phi) is 6.45. The lowest BCUT2D eigenvalue weighted by Gasteiger charge is -2.28.